The lowest BCUT2D eigenvalue weighted by Crippen LogP contribution is -2.36. The predicted octanol–water partition coefficient (Wildman–Crippen LogP) is 3.28. The van der Waals surface area contributed by atoms with Crippen molar-refractivity contribution in [3.05, 3.63) is 29.8 Å². The molecule has 3 nitrogen and oxygen atoms in total. The molecule has 1 aromatic rings. The summed E-state index contributed by atoms with van der Waals surface area (Å²) in [5.74, 6) is 0.827. The summed E-state index contributed by atoms with van der Waals surface area (Å²) in [4.78, 5) is 0. The molecule has 2 N–H and O–H groups in total. The average Bonchev–Trinajstić information content (AvgIpc) is 2.26. The van der Waals surface area contributed by atoms with Crippen molar-refractivity contribution in [3.8, 4) is 5.75 Å². The second-order valence-electron chi connectivity index (χ2n) is 6.34. The Morgan fingerprint density at radius 3 is 2.00 bits per heavy atom. The van der Waals surface area contributed by atoms with Gasteiger partial charge in [-0.25, -0.2) is 0 Å². The Bertz CT molecular complexity index is 379. The van der Waals surface area contributed by atoms with E-state index < -0.39 is 6.10 Å². The highest BCUT2D eigenvalue weighted by Crippen LogP contribution is 2.23. The maximum Gasteiger partial charge on any atom is 0.120 e. The van der Waals surface area contributed by atoms with E-state index in [-0.39, 0.29) is 11.6 Å². The minimum atomic E-state index is -0.508. The van der Waals surface area contributed by atoms with Crippen LogP contribution in [0.1, 0.15) is 53.2 Å². The summed E-state index contributed by atoms with van der Waals surface area (Å²) in [6.45, 7) is 12.2. The van der Waals surface area contributed by atoms with E-state index in [1.54, 1.807) is 0 Å². The van der Waals surface area contributed by atoms with Crippen molar-refractivity contribution >= 4 is 0 Å². The molecule has 0 saturated carbocycles. The number of hydrogen-bond acceptors (Lipinski definition) is 3. The maximum absolute atomic E-state index is 10.3. The first-order valence-corrected chi connectivity index (χ1v) is 6.92. The average molecular weight is 265 g/mol. The van der Waals surface area contributed by atoms with Crippen molar-refractivity contribution in [2.24, 2.45) is 0 Å². The zero-order chi connectivity index (χ0) is 14.6. The third kappa shape index (κ3) is 5.62. The van der Waals surface area contributed by atoms with Crippen molar-refractivity contribution in [3.63, 3.8) is 0 Å². The van der Waals surface area contributed by atoms with Gasteiger partial charge in [0, 0.05) is 12.1 Å². The van der Waals surface area contributed by atoms with Gasteiger partial charge in [0.15, 0.2) is 0 Å². The Morgan fingerprint density at radius 2 is 1.58 bits per heavy atom. The van der Waals surface area contributed by atoms with E-state index >= 15 is 0 Å². The van der Waals surface area contributed by atoms with E-state index in [9.17, 15) is 5.11 Å². The first-order valence-electron chi connectivity index (χ1n) is 6.92. The second-order valence-corrected chi connectivity index (χ2v) is 6.34. The normalized spacial score (nSPS) is 15.4. The van der Waals surface area contributed by atoms with Crippen LogP contribution in [0.4, 0.5) is 0 Å². The van der Waals surface area contributed by atoms with E-state index in [2.05, 4.69) is 19.2 Å². The van der Waals surface area contributed by atoms with E-state index in [0.717, 1.165) is 11.3 Å². The number of rotatable bonds is 5. The van der Waals surface area contributed by atoms with Crippen LogP contribution in [0.25, 0.3) is 0 Å². The van der Waals surface area contributed by atoms with Crippen LogP contribution in [0.15, 0.2) is 24.3 Å². The molecule has 0 saturated heterocycles. The van der Waals surface area contributed by atoms with Crippen LogP contribution in [0.5, 0.6) is 5.75 Å². The summed E-state index contributed by atoms with van der Waals surface area (Å²) in [6.07, 6.45) is -0.508. The first-order chi connectivity index (χ1) is 8.69. The van der Waals surface area contributed by atoms with Crippen molar-refractivity contribution < 1.29 is 9.84 Å². The predicted molar refractivity (Wildman–Crippen MR) is 79.5 cm³/mol. The molecule has 0 fully saturated rings. The molecule has 0 aliphatic heterocycles. The molecule has 0 heterocycles. The molecule has 1 rings (SSSR count). The van der Waals surface area contributed by atoms with Crippen molar-refractivity contribution in [2.45, 2.75) is 65.3 Å². The van der Waals surface area contributed by atoms with Gasteiger partial charge in [-0.3, -0.25) is 0 Å². The molecule has 0 aliphatic carbocycles. The van der Waals surface area contributed by atoms with Gasteiger partial charge in [0.05, 0.1) is 6.10 Å². The second kappa shape index (κ2) is 6.40. The lowest BCUT2D eigenvalue weighted by atomic mass is 10.0. The van der Waals surface area contributed by atoms with Gasteiger partial charge in [-0.05, 0) is 45.4 Å². The Labute approximate surface area is 117 Å². The summed E-state index contributed by atoms with van der Waals surface area (Å²) in [7, 11) is 0. The summed E-state index contributed by atoms with van der Waals surface area (Å²) in [5, 5.41) is 13.6. The molecule has 2 unspecified atom stereocenters. The molecule has 0 amide bonds. The molecular formula is C16H27NO2. The van der Waals surface area contributed by atoms with E-state index in [4.69, 9.17) is 4.74 Å². The first kappa shape index (κ1) is 16.0. The molecule has 0 aliphatic rings. The van der Waals surface area contributed by atoms with Crippen LogP contribution >= 0.6 is 0 Å². The topological polar surface area (TPSA) is 41.5 Å². The quantitative estimate of drug-likeness (QED) is 0.858. The van der Waals surface area contributed by atoms with Crippen LogP contribution in [0, 0.1) is 0 Å². The molecule has 3 heteroatoms. The van der Waals surface area contributed by atoms with Crippen LogP contribution in [0.2, 0.25) is 0 Å². The summed E-state index contributed by atoms with van der Waals surface area (Å²) in [6, 6.07) is 8.04. The number of nitrogens with one attached hydrogen (secondary N) is 1. The van der Waals surface area contributed by atoms with E-state index in [1.165, 1.54) is 0 Å². The van der Waals surface area contributed by atoms with Gasteiger partial charge in [0.2, 0.25) is 0 Å². The lowest BCUT2D eigenvalue weighted by Gasteiger charge is -2.24. The SMILES string of the molecule is CC(C)NC(C)C(O)c1ccc(OC(C)(C)C)cc1. The zero-order valence-electron chi connectivity index (χ0n) is 12.9. The number of aliphatic hydroxyl groups excluding tert-OH is 1. The van der Waals surface area contributed by atoms with Gasteiger partial charge in [-0.1, -0.05) is 26.0 Å². The van der Waals surface area contributed by atoms with Gasteiger partial charge in [-0.15, -0.1) is 0 Å². The fourth-order valence-electron chi connectivity index (χ4n) is 1.99. The van der Waals surface area contributed by atoms with E-state index in [1.807, 2.05) is 52.0 Å². The van der Waals surface area contributed by atoms with Crippen LogP contribution in [-0.2, 0) is 0 Å². The Kier molecular flexibility index (Phi) is 5.39. The highest BCUT2D eigenvalue weighted by molar-refractivity contribution is 5.29. The summed E-state index contributed by atoms with van der Waals surface area (Å²) in [5.41, 5.74) is 0.703. The van der Waals surface area contributed by atoms with Crippen LogP contribution in [0.3, 0.4) is 0 Å². The third-order valence-corrected chi connectivity index (χ3v) is 2.72. The van der Waals surface area contributed by atoms with Crippen LogP contribution < -0.4 is 10.1 Å². The van der Waals surface area contributed by atoms with Crippen molar-refractivity contribution in [2.75, 3.05) is 0 Å². The van der Waals surface area contributed by atoms with Gasteiger partial charge in [0.1, 0.15) is 11.4 Å². The van der Waals surface area contributed by atoms with Crippen LogP contribution in [-0.4, -0.2) is 22.8 Å². The largest absolute Gasteiger partial charge is 0.488 e. The number of benzene rings is 1. The molecule has 0 spiro atoms. The molecule has 0 radical (unpaired) electrons. The molecule has 108 valence electrons. The van der Waals surface area contributed by atoms with Gasteiger partial charge < -0.3 is 15.2 Å². The number of ether oxygens (including phenoxy) is 1. The highest BCUT2D eigenvalue weighted by Gasteiger charge is 2.17. The molecule has 2 atom stereocenters. The molecule has 19 heavy (non-hydrogen) atoms. The van der Waals surface area contributed by atoms with Crippen molar-refractivity contribution in [1.29, 1.82) is 0 Å². The standard InChI is InChI=1S/C16H27NO2/c1-11(2)17-12(3)15(18)13-7-9-14(10-8-13)19-16(4,5)6/h7-12,15,17-18H,1-6H3. The molecule has 1 aromatic carbocycles. The van der Waals surface area contributed by atoms with Gasteiger partial charge >= 0.3 is 0 Å². The molecule has 0 aromatic heterocycles. The zero-order valence-corrected chi connectivity index (χ0v) is 12.9. The molecular weight excluding hydrogens is 238 g/mol. The van der Waals surface area contributed by atoms with Gasteiger partial charge in [-0.2, -0.15) is 0 Å². The number of aliphatic hydroxyl groups is 1. The minimum absolute atomic E-state index is 0.0226. The fourth-order valence-corrected chi connectivity index (χ4v) is 1.99. The maximum atomic E-state index is 10.3. The Hall–Kier alpha value is -1.06. The fraction of sp³-hybridized carbons (Fsp3) is 0.625. The third-order valence-electron chi connectivity index (χ3n) is 2.72. The number of hydrogen-bond donors (Lipinski definition) is 2. The van der Waals surface area contributed by atoms with Gasteiger partial charge in [0.25, 0.3) is 0 Å². The Morgan fingerprint density at radius 1 is 1.05 bits per heavy atom. The monoisotopic (exact) mass is 265 g/mol. The van der Waals surface area contributed by atoms with E-state index in [0.29, 0.717) is 6.04 Å². The summed E-state index contributed by atoms with van der Waals surface area (Å²) < 4.78 is 5.76. The smallest absolute Gasteiger partial charge is 0.120 e. The Balaban J connectivity index is 2.70. The highest BCUT2D eigenvalue weighted by atomic mass is 16.5. The molecule has 0 bridgehead atoms. The lowest BCUT2D eigenvalue weighted by molar-refractivity contribution is 0.127. The summed E-state index contributed by atoms with van der Waals surface area (Å²) >= 11 is 0. The minimum Gasteiger partial charge on any atom is -0.488 e. The van der Waals surface area contributed by atoms with Crippen molar-refractivity contribution in [1.82, 2.24) is 5.32 Å².